The molecule has 1 fully saturated rings. The molecule has 0 bridgehead atoms. The molecule has 1 radical (unpaired) electrons. The highest BCUT2D eigenvalue weighted by Gasteiger charge is 2.32. The first kappa shape index (κ1) is 17.1. The predicted octanol–water partition coefficient (Wildman–Crippen LogP) is 4.65. The molecule has 1 atom stereocenters. The third-order valence-corrected chi connectivity index (χ3v) is 3.77. The van der Waals surface area contributed by atoms with Crippen molar-refractivity contribution in [3.8, 4) is 0 Å². The van der Waals surface area contributed by atoms with Gasteiger partial charge in [0.25, 0.3) is 0 Å². The van der Waals surface area contributed by atoms with E-state index < -0.39 is 17.9 Å². The fourth-order valence-electron chi connectivity index (χ4n) is 2.69. The van der Waals surface area contributed by atoms with Crippen LogP contribution in [0.4, 0.5) is 26.3 Å². The topological polar surface area (TPSA) is 3.24 Å². The largest absolute Gasteiger partial charge is 0.416 e. The van der Waals surface area contributed by atoms with Crippen molar-refractivity contribution >= 4 is 0 Å². The fourth-order valence-corrected chi connectivity index (χ4v) is 2.69. The maximum Gasteiger partial charge on any atom is 0.416 e. The van der Waals surface area contributed by atoms with Gasteiger partial charge >= 0.3 is 12.4 Å². The summed E-state index contributed by atoms with van der Waals surface area (Å²) in [5, 5.41) is 0. The van der Waals surface area contributed by atoms with Crippen LogP contribution in [0.3, 0.4) is 0 Å². The van der Waals surface area contributed by atoms with Crippen LogP contribution in [0.1, 0.15) is 29.9 Å². The number of rotatable bonds is 3. The van der Waals surface area contributed by atoms with Crippen LogP contribution in [0.5, 0.6) is 0 Å². The molecule has 7 heteroatoms. The Hall–Kier alpha value is -1.24. The van der Waals surface area contributed by atoms with Crippen molar-refractivity contribution in [2.75, 3.05) is 19.6 Å². The zero-order valence-corrected chi connectivity index (χ0v) is 11.7. The van der Waals surface area contributed by atoms with Gasteiger partial charge < -0.3 is 4.90 Å². The molecule has 0 amide bonds. The first-order chi connectivity index (χ1) is 10.1. The highest BCUT2D eigenvalue weighted by molar-refractivity contribution is 5.28. The quantitative estimate of drug-likeness (QED) is 0.732. The molecular formula is C15H16F6N. The molecular weight excluding hydrogens is 308 g/mol. The van der Waals surface area contributed by atoms with Crippen LogP contribution >= 0.6 is 0 Å². The van der Waals surface area contributed by atoms with E-state index in [0.29, 0.717) is 31.5 Å². The van der Waals surface area contributed by atoms with E-state index in [1.165, 1.54) is 6.07 Å². The summed E-state index contributed by atoms with van der Waals surface area (Å²) in [4.78, 5) is 1.63. The third kappa shape index (κ3) is 4.90. The van der Waals surface area contributed by atoms with Crippen LogP contribution in [0.25, 0.3) is 0 Å². The van der Waals surface area contributed by atoms with Gasteiger partial charge in [0.05, 0.1) is 12.0 Å². The molecule has 0 spiro atoms. The first-order valence-corrected chi connectivity index (χ1v) is 6.96. The molecule has 0 unspecified atom stereocenters. The van der Waals surface area contributed by atoms with Gasteiger partial charge in [0.15, 0.2) is 0 Å². The maximum atomic E-state index is 12.7. The van der Waals surface area contributed by atoms with Crippen LogP contribution < -0.4 is 0 Å². The van der Waals surface area contributed by atoms with E-state index >= 15 is 0 Å². The molecule has 1 aromatic rings. The predicted molar refractivity (Wildman–Crippen MR) is 70.2 cm³/mol. The maximum absolute atomic E-state index is 12.7. The lowest BCUT2D eigenvalue weighted by atomic mass is 9.89. The lowest BCUT2D eigenvalue weighted by Gasteiger charge is -2.33. The number of piperidine rings is 1. The van der Waals surface area contributed by atoms with Crippen molar-refractivity contribution in [2.24, 2.45) is 0 Å². The Morgan fingerprint density at radius 3 is 2.50 bits per heavy atom. The Bertz CT molecular complexity index is 494. The Balaban J connectivity index is 2.03. The summed E-state index contributed by atoms with van der Waals surface area (Å²) in [5.74, 6) is -0.169. The molecule has 123 valence electrons. The summed E-state index contributed by atoms with van der Waals surface area (Å²) in [6, 6.07) is 5.05. The van der Waals surface area contributed by atoms with Gasteiger partial charge in [0.2, 0.25) is 0 Å². The second-order valence-electron chi connectivity index (χ2n) is 5.47. The summed E-state index contributed by atoms with van der Waals surface area (Å²) in [6.45, 7) is 0.648. The van der Waals surface area contributed by atoms with E-state index in [4.69, 9.17) is 0 Å². The zero-order valence-electron chi connectivity index (χ0n) is 11.7. The summed E-state index contributed by atoms with van der Waals surface area (Å²) in [5.41, 5.74) is -0.185. The molecule has 1 aliphatic heterocycles. The Kier molecular flexibility index (Phi) is 5.04. The van der Waals surface area contributed by atoms with E-state index in [-0.39, 0.29) is 18.9 Å². The number of hydrogen-bond acceptors (Lipinski definition) is 1. The smallest absolute Gasteiger partial charge is 0.302 e. The summed E-state index contributed by atoms with van der Waals surface area (Å²) < 4.78 is 74.8. The van der Waals surface area contributed by atoms with Crippen LogP contribution in [0.2, 0.25) is 0 Å². The Morgan fingerprint density at radius 2 is 1.86 bits per heavy atom. The number of likely N-dealkylation sites (tertiary alicyclic amines) is 1. The number of hydrogen-bond donors (Lipinski definition) is 0. The second kappa shape index (κ2) is 6.48. The third-order valence-electron chi connectivity index (χ3n) is 3.77. The molecule has 1 saturated heterocycles. The van der Waals surface area contributed by atoms with Crippen LogP contribution in [0.15, 0.2) is 24.3 Å². The molecule has 1 aromatic carbocycles. The SMILES string of the molecule is FC(F)(F)[CH]CN1CCC[C@@H](c2cccc(C(F)(F)F)c2)C1. The number of halogens is 6. The minimum Gasteiger partial charge on any atom is -0.302 e. The van der Waals surface area contributed by atoms with E-state index in [1.807, 2.05) is 0 Å². The zero-order chi connectivity index (χ0) is 16.4. The van der Waals surface area contributed by atoms with Crippen LogP contribution in [-0.2, 0) is 6.18 Å². The molecule has 22 heavy (non-hydrogen) atoms. The standard InChI is InChI=1S/C15H16F6N/c16-14(17,18)6-8-22-7-2-4-12(10-22)11-3-1-5-13(9-11)15(19,20)21/h1,3,5-6,9,12H,2,4,7-8,10H2/t12-/m1/s1. The van der Waals surface area contributed by atoms with Gasteiger partial charge in [-0.05, 0) is 36.9 Å². The lowest BCUT2D eigenvalue weighted by molar-refractivity contribution is -0.137. The Labute approximate surface area is 124 Å². The van der Waals surface area contributed by atoms with Gasteiger partial charge in [-0.2, -0.15) is 26.3 Å². The highest BCUT2D eigenvalue weighted by Crippen LogP contribution is 2.33. The number of nitrogens with zero attached hydrogens (tertiary/aromatic N) is 1. The van der Waals surface area contributed by atoms with Crippen molar-refractivity contribution in [3.63, 3.8) is 0 Å². The summed E-state index contributed by atoms with van der Waals surface area (Å²) in [6.07, 6.45) is -7.10. The van der Waals surface area contributed by atoms with E-state index in [0.717, 1.165) is 12.1 Å². The van der Waals surface area contributed by atoms with Crippen molar-refractivity contribution < 1.29 is 26.3 Å². The molecule has 0 saturated carbocycles. The van der Waals surface area contributed by atoms with Crippen molar-refractivity contribution in [1.82, 2.24) is 4.90 Å². The van der Waals surface area contributed by atoms with Crippen molar-refractivity contribution in [1.29, 1.82) is 0 Å². The van der Waals surface area contributed by atoms with Crippen molar-refractivity contribution in [2.45, 2.75) is 31.1 Å². The molecule has 0 aliphatic carbocycles. The van der Waals surface area contributed by atoms with Crippen LogP contribution in [-0.4, -0.2) is 30.7 Å². The fraction of sp³-hybridized carbons (Fsp3) is 0.533. The molecule has 1 heterocycles. The first-order valence-electron chi connectivity index (χ1n) is 6.96. The minimum atomic E-state index is -4.41. The van der Waals surface area contributed by atoms with E-state index in [1.54, 1.807) is 11.0 Å². The van der Waals surface area contributed by atoms with Gasteiger partial charge in [-0.15, -0.1) is 0 Å². The average molecular weight is 324 g/mol. The Morgan fingerprint density at radius 1 is 1.14 bits per heavy atom. The average Bonchev–Trinajstić information content (AvgIpc) is 2.44. The highest BCUT2D eigenvalue weighted by atomic mass is 19.4. The second-order valence-corrected chi connectivity index (χ2v) is 5.47. The van der Waals surface area contributed by atoms with Gasteiger partial charge in [-0.3, -0.25) is 0 Å². The lowest BCUT2D eigenvalue weighted by Crippen LogP contribution is -2.37. The van der Waals surface area contributed by atoms with Gasteiger partial charge in [-0.25, -0.2) is 0 Å². The molecule has 2 rings (SSSR count). The molecule has 1 aliphatic rings. The number of alkyl halides is 6. The van der Waals surface area contributed by atoms with Gasteiger partial charge in [0.1, 0.15) is 0 Å². The monoisotopic (exact) mass is 324 g/mol. The van der Waals surface area contributed by atoms with Gasteiger partial charge in [0, 0.05) is 13.1 Å². The summed E-state index contributed by atoms with van der Waals surface area (Å²) in [7, 11) is 0. The molecule has 0 N–H and O–H groups in total. The normalized spacial score (nSPS) is 21.1. The number of benzene rings is 1. The van der Waals surface area contributed by atoms with E-state index in [2.05, 4.69) is 0 Å². The molecule has 0 aromatic heterocycles. The van der Waals surface area contributed by atoms with Gasteiger partial charge in [-0.1, -0.05) is 18.2 Å². The van der Waals surface area contributed by atoms with Crippen molar-refractivity contribution in [3.05, 3.63) is 41.8 Å². The minimum absolute atomic E-state index is 0.169. The van der Waals surface area contributed by atoms with E-state index in [9.17, 15) is 26.3 Å². The molecule has 1 nitrogen and oxygen atoms in total. The van der Waals surface area contributed by atoms with Crippen LogP contribution in [0, 0.1) is 6.42 Å². The summed E-state index contributed by atoms with van der Waals surface area (Å²) >= 11 is 0.